The molecule has 1 unspecified atom stereocenters. The zero-order valence-electron chi connectivity index (χ0n) is 15.3. The largest absolute Gasteiger partial charge is 0.466 e. The van der Waals surface area contributed by atoms with E-state index in [0.29, 0.717) is 29.1 Å². The van der Waals surface area contributed by atoms with E-state index in [9.17, 15) is 18.4 Å². The first-order valence-corrected chi connectivity index (χ1v) is 8.50. The summed E-state index contributed by atoms with van der Waals surface area (Å²) in [4.78, 5) is 24.3. The summed E-state index contributed by atoms with van der Waals surface area (Å²) >= 11 is 0. The van der Waals surface area contributed by atoms with Crippen molar-refractivity contribution >= 4 is 11.8 Å². The van der Waals surface area contributed by atoms with Gasteiger partial charge in [-0.25, -0.2) is 0 Å². The smallest absolute Gasteiger partial charge is 0.387 e. The van der Waals surface area contributed by atoms with Crippen LogP contribution in [0.4, 0.5) is 8.78 Å². The number of rotatable bonds is 8. The summed E-state index contributed by atoms with van der Waals surface area (Å²) in [6.07, 6.45) is 0.462. The van der Waals surface area contributed by atoms with Gasteiger partial charge in [0.15, 0.2) is 0 Å². The van der Waals surface area contributed by atoms with Crippen LogP contribution in [-0.2, 0) is 4.79 Å². The average molecular weight is 380 g/mol. The zero-order chi connectivity index (χ0) is 20.0. The Morgan fingerprint density at radius 3 is 2.52 bits per heavy atom. The first-order valence-electron chi connectivity index (χ1n) is 8.50. The molecule has 6 nitrogen and oxygen atoms in total. The van der Waals surface area contributed by atoms with E-state index in [1.54, 1.807) is 45.0 Å². The maximum Gasteiger partial charge on any atom is 0.387 e. The molecule has 2 rings (SSSR count). The molecule has 8 heteroatoms. The SMILES string of the molecule is CCC(NC(=O)CNC(=O)c1cc(C)oc1C)c1ccccc1OC(F)F. The lowest BCUT2D eigenvalue weighted by Gasteiger charge is -2.20. The minimum atomic E-state index is -2.96. The highest BCUT2D eigenvalue weighted by Crippen LogP contribution is 2.28. The summed E-state index contributed by atoms with van der Waals surface area (Å²) in [7, 11) is 0. The van der Waals surface area contributed by atoms with E-state index >= 15 is 0 Å². The lowest BCUT2D eigenvalue weighted by Crippen LogP contribution is -2.38. The molecule has 27 heavy (non-hydrogen) atoms. The van der Waals surface area contributed by atoms with Crippen LogP contribution in [0.25, 0.3) is 0 Å². The Hall–Kier alpha value is -2.90. The van der Waals surface area contributed by atoms with Crippen molar-refractivity contribution in [3.63, 3.8) is 0 Å². The van der Waals surface area contributed by atoms with Gasteiger partial charge in [0.05, 0.1) is 18.2 Å². The average Bonchev–Trinajstić information content (AvgIpc) is 2.96. The molecule has 2 aromatic rings. The Kier molecular flexibility index (Phi) is 6.92. The monoisotopic (exact) mass is 380 g/mol. The Morgan fingerprint density at radius 2 is 1.93 bits per heavy atom. The van der Waals surface area contributed by atoms with E-state index in [2.05, 4.69) is 15.4 Å². The third-order valence-electron chi connectivity index (χ3n) is 3.95. The lowest BCUT2D eigenvalue weighted by atomic mass is 10.0. The van der Waals surface area contributed by atoms with Crippen molar-refractivity contribution in [1.29, 1.82) is 0 Å². The number of hydrogen-bond acceptors (Lipinski definition) is 4. The van der Waals surface area contributed by atoms with Gasteiger partial charge in [0.2, 0.25) is 5.91 Å². The van der Waals surface area contributed by atoms with Crippen molar-refractivity contribution in [2.24, 2.45) is 0 Å². The fourth-order valence-corrected chi connectivity index (χ4v) is 2.73. The van der Waals surface area contributed by atoms with E-state index < -0.39 is 24.5 Å². The first-order chi connectivity index (χ1) is 12.8. The molecule has 0 saturated carbocycles. The molecule has 0 fully saturated rings. The highest BCUT2D eigenvalue weighted by Gasteiger charge is 2.20. The molecule has 0 aliphatic heterocycles. The van der Waals surface area contributed by atoms with Gasteiger partial charge in [0.1, 0.15) is 17.3 Å². The lowest BCUT2D eigenvalue weighted by molar-refractivity contribution is -0.120. The number of furan rings is 1. The van der Waals surface area contributed by atoms with E-state index in [-0.39, 0.29) is 12.3 Å². The topological polar surface area (TPSA) is 80.6 Å². The van der Waals surface area contributed by atoms with Crippen LogP contribution in [0.3, 0.4) is 0 Å². The summed E-state index contributed by atoms with van der Waals surface area (Å²) in [6, 6.07) is 7.35. The number of ether oxygens (including phenoxy) is 1. The van der Waals surface area contributed by atoms with E-state index in [4.69, 9.17) is 4.42 Å². The van der Waals surface area contributed by atoms with Gasteiger partial charge in [-0.3, -0.25) is 9.59 Å². The van der Waals surface area contributed by atoms with Crippen LogP contribution in [0.5, 0.6) is 5.75 Å². The van der Waals surface area contributed by atoms with Crippen molar-refractivity contribution in [3.8, 4) is 5.75 Å². The minimum Gasteiger partial charge on any atom is -0.466 e. The second-order valence-electron chi connectivity index (χ2n) is 5.95. The van der Waals surface area contributed by atoms with E-state index in [1.165, 1.54) is 6.07 Å². The number of alkyl halides is 2. The van der Waals surface area contributed by atoms with Gasteiger partial charge in [0, 0.05) is 5.56 Å². The van der Waals surface area contributed by atoms with Crippen LogP contribution >= 0.6 is 0 Å². The number of carbonyl (C=O) groups is 2. The second kappa shape index (κ2) is 9.16. The molecule has 1 atom stereocenters. The Bertz CT molecular complexity index is 805. The highest BCUT2D eigenvalue weighted by molar-refractivity contribution is 5.97. The fourth-order valence-electron chi connectivity index (χ4n) is 2.73. The molecule has 0 aliphatic carbocycles. The molecule has 0 saturated heterocycles. The molecule has 2 amide bonds. The standard InChI is InChI=1S/C19H22F2N2O4/c1-4-15(13-7-5-6-8-16(13)27-19(20)21)23-17(24)10-22-18(25)14-9-11(2)26-12(14)3/h5-9,15,19H,4,10H2,1-3H3,(H,22,25)(H,23,24). The summed E-state index contributed by atoms with van der Waals surface area (Å²) in [5, 5.41) is 5.24. The number of halogens is 2. The normalized spacial score (nSPS) is 11.9. The predicted molar refractivity (Wildman–Crippen MR) is 94.8 cm³/mol. The van der Waals surface area contributed by atoms with Crippen LogP contribution in [0.15, 0.2) is 34.7 Å². The summed E-state index contributed by atoms with van der Waals surface area (Å²) in [6.45, 7) is 1.98. The maximum absolute atomic E-state index is 12.6. The van der Waals surface area contributed by atoms with Crippen molar-refractivity contribution < 1.29 is 27.5 Å². The molecule has 0 bridgehead atoms. The fraction of sp³-hybridized carbons (Fsp3) is 0.368. The van der Waals surface area contributed by atoms with Gasteiger partial charge in [-0.15, -0.1) is 0 Å². The van der Waals surface area contributed by atoms with Crippen LogP contribution in [-0.4, -0.2) is 25.0 Å². The van der Waals surface area contributed by atoms with Crippen LogP contribution < -0.4 is 15.4 Å². The molecule has 0 radical (unpaired) electrons. The first kappa shape index (κ1) is 20.4. The molecule has 1 aromatic heterocycles. The third-order valence-corrected chi connectivity index (χ3v) is 3.95. The molecule has 0 spiro atoms. The summed E-state index contributed by atoms with van der Waals surface area (Å²) < 4.78 is 34.9. The molecule has 0 aliphatic rings. The van der Waals surface area contributed by atoms with E-state index in [1.807, 2.05) is 0 Å². The molecule has 1 heterocycles. The maximum atomic E-state index is 12.6. The van der Waals surface area contributed by atoms with Crippen LogP contribution in [0.1, 0.15) is 46.8 Å². The number of nitrogens with one attached hydrogen (secondary N) is 2. The number of carbonyl (C=O) groups excluding carboxylic acids is 2. The zero-order valence-corrected chi connectivity index (χ0v) is 15.3. The van der Waals surface area contributed by atoms with Crippen molar-refractivity contribution in [1.82, 2.24) is 10.6 Å². The second-order valence-corrected chi connectivity index (χ2v) is 5.95. The van der Waals surface area contributed by atoms with Crippen molar-refractivity contribution in [2.75, 3.05) is 6.54 Å². The summed E-state index contributed by atoms with van der Waals surface area (Å²) in [5.74, 6) is 0.209. The third kappa shape index (κ3) is 5.54. The number of para-hydroxylation sites is 1. The van der Waals surface area contributed by atoms with Gasteiger partial charge in [-0.1, -0.05) is 25.1 Å². The number of benzene rings is 1. The van der Waals surface area contributed by atoms with Gasteiger partial charge in [-0.05, 0) is 32.4 Å². The molecule has 2 N–H and O–H groups in total. The van der Waals surface area contributed by atoms with Crippen LogP contribution in [0.2, 0.25) is 0 Å². The Morgan fingerprint density at radius 1 is 1.22 bits per heavy atom. The van der Waals surface area contributed by atoms with Gasteiger partial charge >= 0.3 is 6.61 Å². The summed E-state index contributed by atoms with van der Waals surface area (Å²) in [5.41, 5.74) is 0.810. The molecule has 146 valence electrons. The molecular formula is C19H22F2N2O4. The van der Waals surface area contributed by atoms with Gasteiger partial charge < -0.3 is 19.8 Å². The quantitative estimate of drug-likeness (QED) is 0.735. The number of hydrogen-bond donors (Lipinski definition) is 2. The Labute approximate surface area is 155 Å². The van der Waals surface area contributed by atoms with Crippen molar-refractivity contribution in [3.05, 3.63) is 53.0 Å². The minimum absolute atomic E-state index is 0.00758. The molecular weight excluding hydrogens is 358 g/mol. The van der Waals surface area contributed by atoms with Gasteiger partial charge in [0.25, 0.3) is 5.91 Å². The van der Waals surface area contributed by atoms with Crippen LogP contribution in [0, 0.1) is 13.8 Å². The molecule has 1 aromatic carbocycles. The van der Waals surface area contributed by atoms with E-state index in [0.717, 1.165) is 0 Å². The van der Waals surface area contributed by atoms with Crippen molar-refractivity contribution in [2.45, 2.75) is 39.8 Å². The predicted octanol–water partition coefficient (Wildman–Crippen LogP) is 3.50. The number of amides is 2. The highest BCUT2D eigenvalue weighted by atomic mass is 19.3. The Balaban J connectivity index is 1.99. The number of aryl methyl sites for hydroxylation is 2. The van der Waals surface area contributed by atoms with Gasteiger partial charge in [-0.2, -0.15) is 8.78 Å².